The van der Waals surface area contributed by atoms with E-state index in [0.717, 1.165) is 44.8 Å². The molecular formula is C23H35N5O2Zn+2. The number of amides is 1. The van der Waals surface area contributed by atoms with E-state index in [4.69, 9.17) is 5.73 Å². The van der Waals surface area contributed by atoms with E-state index in [1.807, 2.05) is 23.1 Å². The molecule has 1 aliphatic heterocycles. The maximum atomic E-state index is 12.9. The fourth-order valence-electron chi connectivity index (χ4n) is 3.53. The van der Waals surface area contributed by atoms with Crippen LogP contribution in [0.4, 0.5) is 0 Å². The molecule has 0 aromatic heterocycles. The van der Waals surface area contributed by atoms with Gasteiger partial charge >= 0.3 is 19.5 Å². The minimum atomic E-state index is -0.521. The molecule has 0 unspecified atom stereocenters. The van der Waals surface area contributed by atoms with Crippen LogP contribution in [-0.4, -0.2) is 74.7 Å². The molecule has 7 nitrogen and oxygen atoms in total. The van der Waals surface area contributed by atoms with Crippen LogP contribution in [0.2, 0.25) is 0 Å². The molecule has 1 aliphatic rings. The molecule has 1 fully saturated rings. The van der Waals surface area contributed by atoms with Crippen LogP contribution in [0.1, 0.15) is 5.56 Å². The Morgan fingerprint density at radius 2 is 1.29 bits per heavy atom. The summed E-state index contributed by atoms with van der Waals surface area (Å²) in [6.45, 7) is 6.62. The van der Waals surface area contributed by atoms with Gasteiger partial charge in [0.2, 0.25) is 5.91 Å². The Morgan fingerprint density at radius 1 is 0.806 bits per heavy atom. The molecule has 8 heteroatoms. The quantitative estimate of drug-likeness (QED) is 0.462. The zero-order chi connectivity index (χ0) is 20.3. The van der Waals surface area contributed by atoms with Crippen LogP contribution in [-0.2, 0) is 30.7 Å². The number of nitrogens with one attached hydrogen (secondary N) is 3. The van der Waals surface area contributed by atoms with Gasteiger partial charge in [0.15, 0.2) is 0 Å². The SMILES string of the molecule is N[C@@H](Cc1ccc(-c2ccccc2)cc1)C(=O)N1CCNCCNCCNCC1.O.[Zn+2]. The van der Waals surface area contributed by atoms with Gasteiger partial charge in [0.1, 0.15) is 0 Å². The molecule has 31 heavy (non-hydrogen) atoms. The Hall–Kier alpha value is -1.67. The van der Waals surface area contributed by atoms with Gasteiger partial charge in [-0.25, -0.2) is 0 Å². The standard InChI is InChI=1S/C23H33N5O.H2O.Zn/c24-22(18-19-6-8-21(9-7-19)20-4-2-1-3-5-20)23(29)28-16-14-26-12-10-25-11-13-27-15-17-28;;/h1-9,22,25-27H,10-18,24H2;1H2;/q;;+2/t22-;;/m0../s1. The molecule has 1 amide bonds. The van der Waals surface area contributed by atoms with Crippen molar-refractivity contribution in [2.75, 3.05) is 52.4 Å². The third-order valence-electron chi connectivity index (χ3n) is 5.22. The fraction of sp³-hybridized carbons (Fsp3) is 0.435. The minimum Gasteiger partial charge on any atom is -0.412 e. The summed E-state index contributed by atoms with van der Waals surface area (Å²) in [5, 5.41) is 10.1. The molecule has 0 radical (unpaired) electrons. The van der Waals surface area contributed by atoms with Crippen molar-refractivity contribution in [2.45, 2.75) is 12.5 Å². The zero-order valence-corrected chi connectivity index (χ0v) is 21.2. The van der Waals surface area contributed by atoms with Crippen LogP contribution in [0.5, 0.6) is 0 Å². The van der Waals surface area contributed by atoms with Gasteiger partial charge in [-0.3, -0.25) is 4.79 Å². The Labute approximate surface area is 198 Å². The van der Waals surface area contributed by atoms with Crippen molar-refractivity contribution in [3.05, 3.63) is 60.2 Å². The van der Waals surface area contributed by atoms with Crippen molar-refractivity contribution < 1.29 is 29.7 Å². The molecule has 1 atom stereocenters. The first-order chi connectivity index (χ1) is 14.2. The van der Waals surface area contributed by atoms with Crippen molar-refractivity contribution in [3.8, 4) is 11.1 Å². The number of rotatable bonds is 4. The molecule has 2 aromatic carbocycles. The summed E-state index contributed by atoms with van der Waals surface area (Å²) in [6, 6.07) is 18.1. The summed E-state index contributed by atoms with van der Waals surface area (Å²) in [7, 11) is 0. The molecular weight excluding hydrogens is 444 g/mol. The average molecular weight is 479 g/mol. The Bertz CT molecular complexity index is 733. The minimum absolute atomic E-state index is 0. The Kier molecular flexibility index (Phi) is 13.4. The molecule has 1 heterocycles. The summed E-state index contributed by atoms with van der Waals surface area (Å²) in [4.78, 5) is 14.8. The van der Waals surface area contributed by atoms with Crippen LogP contribution in [0.15, 0.2) is 54.6 Å². The summed E-state index contributed by atoms with van der Waals surface area (Å²) in [5.41, 5.74) is 9.75. The van der Waals surface area contributed by atoms with Gasteiger partial charge < -0.3 is 32.1 Å². The van der Waals surface area contributed by atoms with Gasteiger partial charge in [-0.1, -0.05) is 54.6 Å². The molecule has 2 aromatic rings. The van der Waals surface area contributed by atoms with E-state index in [1.165, 1.54) is 11.1 Å². The first kappa shape index (κ1) is 27.4. The molecule has 0 saturated carbocycles. The van der Waals surface area contributed by atoms with E-state index in [-0.39, 0.29) is 30.9 Å². The summed E-state index contributed by atoms with van der Waals surface area (Å²) in [6.07, 6.45) is 0.551. The number of hydrogen-bond acceptors (Lipinski definition) is 5. The maximum absolute atomic E-state index is 12.9. The molecule has 0 bridgehead atoms. The van der Waals surface area contributed by atoms with Crippen LogP contribution in [0.3, 0.4) is 0 Å². The Balaban J connectivity index is 0.00000240. The van der Waals surface area contributed by atoms with Crippen molar-refractivity contribution in [3.63, 3.8) is 0 Å². The van der Waals surface area contributed by atoms with Crippen LogP contribution < -0.4 is 21.7 Å². The number of carbonyl (C=O) groups excluding carboxylic acids is 1. The van der Waals surface area contributed by atoms with Crippen molar-refractivity contribution in [1.82, 2.24) is 20.9 Å². The van der Waals surface area contributed by atoms with Crippen molar-refractivity contribution >= 4 is 5.91 Å². The first-order valence-corrected chi connectivity index (χ1v) is 10.5. The second kappa shape index (κ2) is 15.2. The zero-order valence-electron chi connectivity index (χ0n) is 18.3. The smallest absolute Gasteiger partial charge is 0.412 e. The van der Waals surface area contributed by atoms with Gasteiger partial charge in [-0.05, 0) is 23.1 Å². The molecule has 164 valence electrons. The van der Waals surface area contributed by atoms with E-state index in [1.54, 1.807) is 0 Å². The molecule has 3 rings (SSSR count). The molecule has 7 N–H and O–H groups in total. The fourth-order valence-corrected chi connectivity index (χ4v) is 3.53. The van der Waals surface area contributed by atoms with Gasteiger partial charge in [-0.15, -0.1) is 0 Å². The normalized spacial score (nSPS) is 16.6. The van der Waals surface area contributed by atoms with Gasteiger partial charge in [-0.2, -0.15) is 0 Å². The van der Waals surface area contributed by atoms with E-state index < -0.39 is 6.04 Å². The van der Waals surface area contributed by atoms with E-state index in [0.29, 0.717) is 19.5 Å². The monoisotopic (exact) mass is 477 g/mol. The maximum Gasteiger partial charge on any atom is 2.00 e. The predicted molar refractivity (Wildman–Crippen MR) is 122 cm³/mol. The van der Waals surface area contributed by atoms with E-state index in [9.17, 15) is 4.79 Å². The number of carbonyl (C=O) groups is 1. The molecule has 1 saturated heterocycles. The number of nitrogens with two attached hydrogens (primary N) is 1. The summed E-state index contributed by atoms with van der Waals surface area (Å²) >= 11 is 0. The van der Waals surface area contributed by atoms with Gasteiger partial charge in [0, 0.05) is 52.4 Å². The van der Waals surface area contributed by atoms with Crippen LogP contribution in [0.25, 0.3) is 11.1 Å². The number of benzene rings is 2. The summed E-state index contributed by atoms with van der Waals surface area (Å²) in [5.74, 6) is 0.0240. The molecule has 0 aliphatic carbocycles. The first-order valence-electron chi connectivity index (χ1n) is 10.5. The van der Waals surface area contributed by atoms with Crippen LogP contribution in [0, 0.1) is 0 Å². The average Bonchev–Trinajstić information content (AvgIpc) is 2.75. The Morgan fingerprint density at radius 3 is 1.84 bits per heavy atom. The number of nitrogens with zero attached hydrogens (tertiary/aromatic N) is 1. The predicted octanol–water partition coefficient (Wildman–Crippen LogP) is 0.00720. The second-order valence-corrected chi connectivity index (χ2v) is 7.45. The summed E-state index contributed by atoms with van der Waals surface area (Å²) < 4.78 is 0. The van der Waals surface area contributed by atoms with E-state index in [2.05, 4.69) is 52.3 Å². The van der Waals surface area contributed by atoms with Gasteiger partial charge in [0.25, 0.3) is 0 Å². The largest absolute Gasteiger partial charge is 2.00 e. The van der Waals surface area contributed by atoms with Gasteiger partial charge in [0.05, 0.1) is 6.04 Å². The van der Waals surface area contributed by atoms with E-state index >= 15 is 0 Å². The third-order valence-corrected chi connectivity index (χ3v) is 5.22. The topological polar surface area (TPSA) is 114 Å². The van der Waals surface area contributed by atoms with Crippen molar-refractivity contribution in [2.24, 2.45) is 5.73 Å². The van der Waals surface area contributed by atoms with Crippen LogP contribution >= 0.6 is 0 Å². The molecule has 0 spiro atoms. The second-order valence-electron chi connectivity index (χ2n) is 7.45. The van der Waals surface area contributed by atoms with Crippen molar-refractivity contribution in [1.29, 1.82) is 0 Å². The third kappa shape index (κ3) is 9.15. The number of hydrogen-bond donors (Lipinski definition) is 4.